The van der Waals surface area contributed by atoms with Crippen LogP contribution in [0.3, 0.4) is 0 Å². The molecule has 0 aliphatic heterocycles. The molecule has 0 radical (unpaired) electrons. The summed E-state index contributed by atoms with van der Waals surface area (Å²) in [5, 5.41) is 16.3. The van der Waals surface area contributed by atoms with Crippen molar-refractivity contribution in [3.8, 4) is 5.75 Å². The third-order valence-electron chi connectivity index (χ3n) is 2.28. The number of hydrogen-bond donors (Lipinski definition) is 2. The van der Waals surface area contributed by atoms with Gasteiger partial charge < -0.3 is 15.4 Å². The molecule has 0 bridgehead atoms. The quantitative estimate of drug-likeness (QED) is 0.602. The average Bonchev–Trinajstić information content (AvgIpc) is 2.34. The molecule has 0 aliphatic rings. The SMILES string of the molecule is COc1cc(NCC(=O)NC(C)C)ccc1[N+](=O)[O-]. The lowest BCUT2D eigenvalue weighted by molar-refractivity contribution is -0.385. The Hall–Kier alpha value is -2.31. The van der Waals surface area contributed by atoms with Gasteiger partial charge in [0.25, 0.3) is 0 Å². The Morgan fingerprint density at radius 2 is 2.16 bits per heavy atom. The van der Waals surface area contributed by atoms with Gasteiger partial charge in [-0.05, 0) is 19.9 Å². The predicted octanol–water partition coefficient (Wildman–Crippen LogP) is 1.54. The van der Waals surface area contributed by atoms with E-state index in [0.717, 1.165) is 0 Å². The van der Waals surface area contributed by atoms with Crippen molar-refractivity contribution in [1.82, 2.24) is 5.32 Å². The number of benzene rings is 1. The van der Waals surface area contributed by atoms with Crippen LogP contribution >= 0.6 is 0 Å². The number of hydrogen-bond acceptors (Lipinski definition) is 5. The highest BCUT2D eigenvalue weighted by atomic mass is 16.6. The molecule has 2 N–H and O–H groups in total. The number of rotatable bonds is 6. The van der Waals surface area contributed by atoms with E-state index >= 15 is 0 Å². The van der Waals surface area contributed by atoms with Gasteiger partial charge in [-0.2, -0.15) is 0 Å². The van der Waals surface area contributed by atoms with Gasteiger partial charge >= 0.3 is 5.69 Å². The van der Waals surface area contributed by atoms with Gasteiger partial charge in [0, 0.05) is 23.9 Å². The van der Waals surface area contributed by atoms with Crippen LogP contribution in [0.15, 0.2) is 18.2 Å². The van der Waals surface area contributed by atoms with Crippen LogP contribution in [0.2, 0.25) is 0 Å². The smallest absolute Gasteiger partial charge is 0.311 e. The van der Waals surface area contributed by atoms with Crippen molar-refractivity contribution in [2.75, 3.05) is 19.0 Å². The maximum absolute atomic E-state index is 11.4. The van der Waals surface area contributed by atoms with E-state index in [0.29, 0.717) is 5.69 Å². The molecule has 1 aromatic carbocycles. The molecule has 0 atom stereocenters. The van der Waals surface area contributed by atoms with Gasteiger partial charge in [-0.1, -0.05) is 0 Å². The summed E-state index contributed by atoms with van der Waals surface area (Å²) in [6.07, 6.45) is 0. The molecule has 19 heavy (non-hydrogen) atoms. The molecule has 0 unspecified atom stereocenters. The summed E-state index contributed by atoms with van der Waals surface area (Å²) in [6.45, 7) is 3.83. The zero-order valence-electron chi connectivity index (χ0n) is 11.1. The Balaban J connectivity index is 2.70. The number of carbonyl (C=O) groups excluding carboxylic acids is 1. The van der Waals surface area contributed by atoms with Crippen molar-refractivity contribution in [1.29, 1.82) is 0 Å². The van der Waals surface area contributed by atoms with Gasteiger partial charge in [-0.15, -0.1) is 0 Å². The van der Waals surface area contributed by atoms with Crippen LogP contribution in [0.5, 0.6) is 5.75 Å². The van der Waals surface area contributed by atoms with E-state index in [1.165, 1.54) is 25.3 Å². The molecule has 0 fully saturated rings. The van der Waals surface area contributed by atoms with E-state index in [1.807, 2.05) is 13.8 Å². The van der Waals surface area contributed by atoms with Crippen LogP contribution in [-0.4, -0.2) is 30.5 Å². The summed E-state index contributed by atoms with van der Waals surface area (Å²) in [5.74, 6) is 0.00610. The number of nitrogens with one attached hydrogen (secondary N) is 2. The van der Waals surface area contributed by atoms with Crippen LogP contribution in [0.1, 0.15) is 13.8 Å². The Morgan fingerprint density at radius 3 is 2.68 bits per heavy atom. The molecule has 0 aliphatic carbocycles. The first kappa shape index (κ1) is 14.7. The fourth-order valence-corrected chi connectivity index (χ4v) is 1.49. The Kier molecular flexibility index (Phi) is 5.11. The zero-order chi connectivity index (χ0) is 14.4. The van der Waals surface area contributed by atoms with E-state index in [2.05, 4.69) is 10.6 Å². The van der Waals surface area contributed by atoms with Crippen LogP contribution in [0, 0.1) is 10.1 Å². The van der Waals surface area contributed by atoms with E-state index in [9.17, 15) is 14.9 Å². The van der Waals surface area contributed by atoms with Crippen LogP contribution in [0.25, 0.3) is 0 Å². The standard InChI is InChI=1S/C12H17N3O4/c1-8(2)14-12(16)7-13-9-4-5-10(15(17)18)11(6-9)19-3/h4-6,8,13H,7H2,1-3H3,(H,14,16). The minimum absolute atomic E-state index is 0.0701. The highest BCUT2D eigenvalue weighted by Crippen LogP contribution is 2.29. The van der Waals surface area contributed by atoms with Gasteiger partial charge in [0.15, 0.2) is 5.75 Å². The van der Waals surface area contributed by atoms with Gasteiger partial charge in [0.05, 0.1) is 18.6 Å². The van der Waals surface area contributed by atoms with E-state index in [-0.39, 0.29) is 29.9 Å². The van der Waals surface area contributed by atoms with Crippen molar-refractivity contribution in [2.24, 2.45) is 0 Å². The molecule has 1 amide bonds. The molecule has 0 saturated carbocycles. The Bertz CT molecular complexity index is 474. The van der Waals surface area contributed by atoms with Crippen LogP contribution in [-0.2, 0) is 4.79 Å². The molecule has 0 saturated heterocycles. The topological polar surface area (TPSA) is 93.5 Å². The van der Waals surface area contributed by atoms with Gasteiger partial charge in [-0.25, -0.2) is 0 Å². The second kappa shape index (κ2) is 6.58. The Labute approximate surface area is 111 Å². The van der Waals surface area contributed by atoms with Crippen molar-refractivity contribution in [3.05, 3.63) is 28.3 Å². The molecule has 0 heterocycles. The molecule has 104 valence electrons. The second-order valence-electron chi connectivity index (χ2n) is 4.22. The van der Waals surface area contributed by atoms with Gasteiger partial charge in [-0.3, -0.25) is 14.9 Å². The number of nitro groups is 1. The largest absolute Gasteiger partial charge is 0.490 e. The number of carbonyl (C=O) groups is 1. The van der Waals surface area contributed by atoms with Gasteiger partial charge in [0.1, 0.15) is 0 Å². The number of amides is 1. The first-order chi connectivity index (χ1) is 8.93. The minimum Gasteiger partial charge on any atom is -0.490 e. The lowest BCUT2D eigenvalue weighted by atomic mass is 10.2. The number of nitro benzene ring substituents is 1. The molecular formula is C12H17N3O4. The Morgan fingerprint density at radius 1 is 1.47 bits per heavy atom. The third kappa shape index (κ3) is 4.46. The second-order valence-corrected chi connectivity index (χ2v) is 4.22. The molecule has 7 heteroatoms. The maximum Gasteiger partial charge on any atom is 0.311 e. The highest BCUT2D eigenvalue weighted by molar-refractivity contribution is 5.81. The molecule has 1 aromatic rings. The van der Waals surface area contributed by atoms with Crippen LogP contribution < -0.4 is 15.4 Å². The maximum atomic E-state index is 11.4. The van der Waals surface area contributed by atoms with Crippen molar-refractivity contribution < 1.29 is 14.5 Å². The average molecular weight is 267 g/mol. The normalized spacial score (nSPS) is 10.1. The summed E-state index contributed by atoms with van der Waals surface area (Å²) < 4.78 is 4.94. The van der Waals surface area contributed by atoms with E-state index in [4.69, 9.17) is 4.74 Å². The monoisotopic (exact) mass is 267 g/mol. The van der Waals surface area contributed by atoms with Crippen LogP contribution in [0.4, 0.5) is 11.4 Å². The molecule has 0 aromatic heterocycles. The molecule has 7 nitrogen and oxygen atoms in total. The lowest BCUT2D eigenvalue weighted by Crippen LogP contribution is -2.34. The summed E-state index contributed by atoms with van der Waals surface area (Å²) in [5.41, 5.74) is 0.473. The summed E-state index contributed by atoms with van der Waals surface area (Å²) in [6, 6.07) is 4.42. The van der Waals surface area contributed by atoms with E-state index in [1.54, 1.807) is 0 Å². The molecular weight excluding hydrogens is 250 g/mol. The fraction of sp³-hybridized carbons (Fsp3) is 0.417. The number of methoxy groups -OCH3 is 1. The van der Waals surface area contributed by atoms with Gasteiger partial charge in [0.2, 0.25) is 5.91 Å². The first-order valence-corrected chi connectivity index (χ1v) is 5.79. The summed E-state index contributed by atoms with van der Waals surface area (Å²) in [7, 11) is 1.36. The number of ether oxygens (including phenoxy) is 1. The number of nitrogens with zero attached hydrogens (tertiary/aromatic N) is 1. The van der Waals surface area contributed by atoms with E-state index < -0.39 is 4.92 Å². The summed E-state index contributed by atoms with van der Waals surface area (Å²) >= 11 is 0. The third-order valence-corrected chi connectivity index (χ3v) is 2.28. The lowest BCUT2D eigenvalue weighted by Gasteiger charge is -2.10. The molecule has 0 spiro atoms. The summed E-state index contributed by atoms with van der Waals surface area (Å²) in [4.78, 5) is 21.6. The predicted molar refractivity (Wildman–Crippen MR) is 71.4 cm³/mol. The van der Waals surface area contributed by atoms with Crippen molar-refractivity contribution >= 4 is 17.3 Å². The fourth-order valence-electron chi connectivity index (χ4n) is 1.49. The minimum atomic E-state index is -0.520. The highest BCUT2D eigenvalue weighted by Gasteiger charge is 2.14. The molecule has 1 rings (SSSR count). The first-order valence-electron chi connectivity index (χ1n) is 5.79. The zero-order valence-corrected chi connectivity index (χ0v) is 11.1. The van der Waals surface area contributed by atoms with Crippen molar-refractivity contribution in [3.63, 3.8) is 0 Å². The number of anilines is 1. The van der Waals surface area contributed by atoms with Crippen molar-refractivity contribution in [2.45, 2.75) is 19.9 Å².